The summed E-state index contributed by atoms with van der Waals surface area (Å²) in [6, 6.07) is 16.1. The lowest BCUT2D eigenvalue weighted by molar-refractivity contribution is 0.0786. The summed E-state index contributed by atoms with van der Waals surface area (Å²) in [6.45, 7) is 3.49. The maximum absolute atomic E-state index is 14.0. The minimum atomic E-state index is -0.160. The molecule has 2 aromatic heterocycles. The number of likely N-dealkylation sites (N-methyl/N-ethyl adjacent to an activating group) is 1. The van der Waals surface area contributed by atoms with E-state index in [9.17, 15) is 15.2 Å². The number of nitrogens with zero attached hydrogens (tertiary/aromatic N) is 4. The number of nitriles is 1. The number of hydrogen-bond donors (Lipinski definition) is 2. The molecule has 186 valence electrons. The molecule has 1 fully saturated rings. The van der Waals surface area contributed by atoms with E-state index in [1.165, 1.54) is 6.07 Å². The summed E-state index contributed by atoms with van der Waals surface area (Å²) in [4.78, 5) is 25.2. The topological polar surface area (TPSA) is 102 Å². The molecule has 0 spiro atoms. The van der Waals surface area contributed by atoms with Crippen molar-refractivity contribution in [2.75, 3.05) is 20.1 Å². The van der Waals surface area contributed by atoms with E-state index in [1.807, 2.05) is 25.1 Å². The molecule has 1 saturated heterocycles. The fourth-order valence-corrected chi connectivity index (χ4v) is 5.18. The molecule has 4 aromatic rings. The van der Waals surface area contributed by atoms with Crippen LogP contribution in [0, 0.1) is 18.3 Å². The summed E-state index contributed by atoms with van der Waals surface area (Å²) >= 11 is 6.39. The van der Waals surface area contributed by atoms with Crippen molar-refractivity contribution >= 4 is 28.5 Å². The van der Waals surface area contributed by atoms with Crippen LogP contribution in [0.15, 0.2) is 54.7 Å². The van der Waals surface area contributed by atoms with Gasteiger partial charge in [0.25, 0.3) is 5.91 Å². The normalized spacial score (nSPS) is 15.0. The summed E-state index contributed by atoms with van der Waals surface area (Å²) in [7, 11) is 1.81. The Kier molecular flexibility index (Phi) is 6.79. The molecule has 0 saturated carbocycles. The molecule has 0 aliphatic carbocycles. The van der Waals surface area contributed by atoms with Crippen molar-refractivity contribution in [3.63, 3.8) is 0 Å². The van der Waals surface area contributed by atoms with Crippen LogP contribution in [-0.2, 0) is 0 Å². The monoisotopic (exact) mass is 511 g/mol. The number of phenols is 1. The van der Waals surface area contributed by atoms with Crippen molar-refractivity contribution in [2.45, 2.75) is 25.8 Å². The van der Waals surface area contributed by atoms with E-state index in [0.717, 1.165) is 30.5 Å². The second kappa shape index (κ2) is 10.2. The predicted molar refractivity (Wildman–Crippen MR) is 145 cm³/mol. The van der Waals surface area contributed by atoms with E-state index in [1.54, 1.807) is 42.4 Å². The smallest absolute Gasteiger partial charge is 0.256 e. The van der Waals surface area contributed by atoms with Gasteiger partial charge in [-0.25, -0.2) is 4.98 Å². The lowest BCUT2D eigenvalue weighted by Crippen LogP contribution is -2.39. The lowest BCUT2D eigenvalue weighted by atomic mass is 9.97. The number of carbonyl (C=O) groups excluding carboxylic acids is 1. The zero-order valence-corrected chi connectivity index (χ0v) is 21.4. The highest BCUT2D eigenvalue weighted by molar-refractivity contribution is 6.31. The van der Waals surface area contributed by atoms with Crippen molar-refractivity contribution in [2.24, 2.45) is 0 Å². The maximum Gasteiger partial charge on any atom is 0.256 e. The van der Waals surface area contributed by atoms with E-state index in [-0.39, 0.29) is 17.7 Å². The molecule has 1 aliphatic heterocycles. The molecule has 7 nitrogen and oxygen atoms in total. The number of hydrogen-bond acceptors (Lipinski definition) is 6. The zero-order valence-electron chi connectivity index (χ0n) is 20.6. The van der Waals surface area contributed by atoms with Gasteiger partial charge in [0.1, 0.15) is 11.3 Å². The Bertz CT molecular complexity index is 1540. The summed E-state index contributed by atoms with van der Waals surface area (Å²) in [5.74, 6) is -0.190. The Balaban J connectivity index is 1.71. The molecule has 1 amide bonds. The van der Waals surface area contributed by atoms with Crippen LogP contribution in [0.3, 0.4) is 0 Å². The third kappa shape index (κ3) is 5.12. The van der Waals surface area contributed by atoms with Gasteiger partial charge in [-0.1, -0.05) is 17.7 Å². The first-order chi connectivity index (χ1) is 17.8. The van der Waals surface area contributed by atoms with E-state index in [0.29, 0.717) is 50.5 Å². The number of pyridine rings is 2. The largest absolute Gasteiger partial charge is 0.508 e. The Labute approximate surface area is 220 Å². The second-order valence-corrected chi connectivity index (χ2v) is 9.92. The van der Waals surface area contributed by atoms with E-state index in [2.05, 4.69) is 16.4 Å². The summed E-state index contributed by atoms with van der Waals surface area (Å²) in [6.07, 6.45) is 3.82. The summed E-state index contributed by atoms with van der Waals surface area (Å²) < 4.78 is 0. The minimum absolute atomic E-state index is 0.0303. The molecule has 37 heavy (non-hydrogen) atoms. The van der Waals surface area contributed by atoms with Gasteiger partial charge >= 0.3 is 0 Å². The van der Waals surface area contributed by atoms with Gasteiger partial charge in [0.2, 0.25) is 0 Å². The molecule has 1 atom stereocenters. The fraction of sp³-hybridized carbons (Fsp3) is 0.241. The van der Waals surface area contributed by atoms with Crippen molar-refractivity contribution < 1.29 is 9.90 Å². The average molecular weight is 512 g/mol. The first-order valence-electron chi connectivity index (χ1n) is 12.1. The quantitative estimate of drug-likeness (QED) is 0.375. The highest BCUT2D eigenvalue weighted by Gasteiger charge is 2.25. The number of carbonyl (C=O) groups is 1. The number of benzene rings is 2. The number of aryl methyl sites for hydroxylation is 1. The molecule has 1 aliphatic rings. The van der Waals surface area contributed by atoms with Crippen LogP contribution < -0.4 is 5.32 Å². The van der Waals surface area contributed by atoms with Crippen LogP contribution in [-0.4, -0.2) is 52.1 Å². The number of halogens is 1. The van der Waals surface area contributed by atoms with E-state index >= 15 is 0 Å². The lowest BCUT2D eigenvalue weighted by Gasteiger charge is -2.23. The molecule has 0 bridgehead atoms. The van der Waals surface area contributed by atoms with Crippen molar-refractivity contribution in [3.05, 3.63) is 76.4 Å². The molecule has 0 radical (unpaired) electrons. The zero-order chi connectivity index (χ0) is 26.1. The van der Waals surface area contributed by atoms with E-state index in [4.69, 9.17) is 16.6 Å². The van der Waals surface area contributed by atoms with Crippen LogP contribution in [0.1, 0.15) is 34.3 Å². The average Bonchev–Trinajstić information content (AvgIpc) is 3.39. The Morgan fingerprint density at radius 3 is 2.78 bits per heavy atom. The maximum atomic E-state index is 14.0. The van der Waals surface area contributed by atoms with Crippen molar-refractivity contribution in [1.29, 1.82) is 5.26 Å². The number of rotatable bonds is 5. The minimum Gasteiger partial charge on any atom is -0.508 e. The van der Waals surface area contributed by atoms with Gasteiger partial charge in [0, 0.05) is 42.0 Å². The fourth-order valence-electron chi connectivity index (χ4n) is 4.89. The van der Waals surface area contributed by atoms with Crippen LogP contribution in [0.2, 0.25) is 5.02 Å². The Hall–Kier alpha value is -3.99. The van der Waals surface area contributed by atoms with Gasteiger partial charge in [-0.2, -0.15) is 5.26 Å². The number of aromatic hydroxyl groups is 1. The molecule has 3 heterocycles. The van der Waals surface area contributed by atoms with Gasteiger partial charge in [-0.15, -0.1) is 0 Å². The van der Waals surface area contributed by atoms with Crippen LogP contribution in [0.4, 0.5) is 0 Å². The third-order valence-electron chi connectivity index (χ3n) is 6.63. The highest BCUT2D eigenvalue weighted by atomic mass is 35.5. The number of aromatic nitrogens is 2. The molecule has 2 aromatic carbocycles. The van der Waals surface area contributed by atoms with E-state index < -0.39 is 0 Å². The van der Waals surface area contributed by atoms with Gasteiger partial charge in [0.05, 0.1) is 28.4 Å². The Morgan fingerprint density at radius 2 is 2.05 bits per heavy atom. The molecule has 8 heteroatoms. The molecule has 5 rings (SSSR count). The number of nitrogens with one attached hydrogen (secondary N) is 1. The first-order valence-corrected chi connectivity index (χ1v) is 12.5. The predicted octanol–water partition coefficient (Wildman–Crippen LogP) is 5.33. The van der Waals surface area contributed by atoms with Crippen molar-refractivity contribution in [3.8, 4) is 34.2 Å². The molecule has 2 N–H and O–H groups in total. The standard InChI is InChI=1S/C29H26ClN5O2/c1-17-8-19(12-21(30)9-17)24-15-33-26-6-5-25(20-10-18(14-31)11-23(36)13-20)34-28(26)27(24)29(37)35(2)16-22-4-3-7-32-22/h5-6,8-13,15,22,32,36H,3-4,7,16H2,1-2H3/t22-/m0/s1. The van der Waals surface area contributed by atoms with Crippen LogP contribution >= 0.6 is 11.6 Å². The number of phenolic OH excluding ortho intramolecular Hbond substituents is 1. The summed E-state index contributed by atoms with van der Waals surface area (Å²) in [5.41, 5.74) is 5.27. The van der Waals surface area contributed by atoms with Crippen LogP contribution in [0.25, 0.3) is 33.4 Å². The first kappa shape index (κ1) is 24.7. The SMILES string of the molecule is Cc1cc(Cl)cc(-c2cnc3ccc(-c4cc(O)cc(C#N)c4)nc3c2C(=O)N(C)C[C@@H]2CCCN2)c1. The number of fused-ring (bicyclic) bond motifs is 1. The third-order valence-corrected chi connectivity index (χ3v) is 6.84. The second-order valence-electron chi connectivity index (χ2n) is 9.49. The molecular formula is C29H26ClN5O2. The Morgan fingerprint density at radius 1 is 1.22 bits per heavy atom. The summed E-state index contributed by atoms with van der Waals surface area (Å²) in [5, 5.41) is 23.5. The van der Waals surface area contributed by atoms with Gasteiger partial charge < -0.3 is 15.3 Å². The van der Waals surface area contributed by atoms with Crippen LogP contribution in [0.5, 0.6) is 5.75 Å². The molecule has 0 unspecified atom stereocenters. The number of amides is 1. The van der Waals surface area contributed by atoms with Crippen molar-refractivity contribution in [1.82, 2.24) is 20.2 Å². The molecular weight excluding hydrogens is 486 g/mol. The van der Waals surface area contributed by atoms with Gasteiger partial charge in [0.15, 0.2) is 0 Å². The highest BCUT2D eigenvalue weighted by Crippen LogP contribution is 2.33. The van der Waals surface area contributed by atoms with Gasteiger partial charge in [-0.05, 0) is 79.9 Å². The van der Waals surface area contributed by atoms with Gasteiger partial charge in [-0.3, -0.25) is 9.78 Å².